The zero-order chi connectivity index (χ0) is 13.3. The van der Waals surface area contributed by atoms with E-state index in [0.717, 1.165) is 4.68 Å². The van der Waals surface area contributed by atoms with Crippen molar-refractivity contribution in [3.63, 3.8) is 0 Å². The molecular formula is C9H5BrN4O4. The number of rotatable bonds is 3. The maximum atomic E-state index is 10.7. The summed E-state index contributed by atoms with van der Waals surface area (Å²) in [7, 11) is 0. The van der Waals surface area contributed by atoms with Crippen LogP contribution in [0.2, 0.25) is 0 Å². The molecule has 1 aromatic carbocycles. The van der Waals surface area contributed by atoms with E-state index in [1.165, 1.54) is 24.4 Å². The Morgan fingerprint density at radius 2 is 2.22 bits per heavy atom. The minimum Gasteiger partial charge on any atom is -0.476 e. The lowest BCUT2D eigenvalue weighted by molar-refractivity contribution is -0.384. The number of nitro benzene ring substituents is 1. The number of hydrogen-bond donors (Lipinski definition) is 1. The monoisotopic (exact) mass is 312 g/mol. The van der Waals surface area contributed by atoms with Gasteiger partial charge >= 0.3 is 5.97 Å². The van der Waals surface area contributed by atoms with Crippen molar-refractivity contribution in [1.82, 2.24) is 15.0 Å². The number of aromatic carboxylic acids is 1. The van der Waals surface area contributed by atoms with Crippen LogP contribution < -0.4 is 0 Å². The SMILES string of the molecule is O=C(O)c1cn(-c2cc([N+](=O)[O-])ccc2Br)nn1. The molecule has 0 spiro atoms. The van der Waals surface area contributed by atoms with Gasteiger partial charge < -0.3 is 5.11 Å². The van der Waals surface area contributed by atoms with Gasteiger partial charge in [0.25, 0.3) is 5.69 Å². The number of benzene rings is 1. The molecule has 1 heterocycles. The van der Waals surface area contributed by atoms with E-state index in [1.807, 2.05) is 0 Å². The number of hydrogen-bond acceptors (Lipinski definition) is 5. The van der Waals surface area contributed by atoms with E-state index < -0.39 is 10.9 Å². The second-order valence-electron chi connectivity index (χ2n) is 3.25. The van der Waals surface area contributed by atoms with Crippen molar-refractivity contribution in [2.75, 3.05) is 0 Å². The average molecular weight is 313 g/mol. The fourth-order valence-electron chi connectivity index (χ4n) is 1.27. The summed E-state index contributed by atoms with van der Waals surface area (Å²) in [6.07, 6.45) is 1.17. The summed E-state index contributed by atoms with van der Waals surface area (Å²) in [5.41, 5.74) is -0.0295. The van der Waals surface area contributed by atoms with Gasteiger partial charge in [-0.05, 0) is 22.0 Å². The Morgan fingerprint density at radius 3 is 2.78 bits per heavy atom. The van der Waals surface area contributed by atoms with Crippen molar-refractivity contribution in [3.05, 3.63) is 44.7 Å². The van der Waals surface area contributed by atoms with Gasteiger partial charge in [-0.15, -0.1) is 5.10 Å². The van der Waals surface area contributed by atoms with Crippen LogP contribution in [0.5, 0.6) is 0 Å². The Morgan fingerprint density at radius 1 is 1.50 bits per heavy atom. The third-order valence-corrected chi connectivity index (χ3v) is 2.77. The zero-order valence-corrected chi connectivity index (χ0v) is 10.2. The van der Waals surface area contributed by atoms with Crippen LogP contribution in [0, 0.1) is 10.1 Å². The summed E-state index contributed by atoms with van der Waals surface area (Å²) >= 11 is 3.20. The van der Waals surface area contributed by atoms with Crippen molar-refractivity contribution in [2.24, 2.45) is 0 Å². The number of non-ortho nitro benzene ring substituents is 1. The molecule has 9 heteroatoms. The van der Waals surface area contributed by atoms with Gasteiger partial charge in [-0.1, -0.05) is 5.21 Å². The lowest BCUT2D eigenvalue weighted by atomic mass is 10.3. The fraction of sp³-hybridized carbons (Fsp3) is 0. The highest BCUT2D eigenvalue weighted by molar-refractivity contribution is 9.10. The molecule has 0 bridgehead atoms. The van der Waals surface area contributed by atoms with E-state index >= 15 is 0 Å². The molecule has 8 nitrogen and oxygen atoms in total. The summed E-state index contributed by atoms with van der Waals surface area (Å²) in [5.74, 6) is -1.22. The smallest absolute Gasteiger partial charge is 0.358 e. The van der Waals surface area contributed by atoms with Crippen LogP contribution >= 0.6 is 15.9 Å². The van der Waals surface area contributed by atoms with E-state index in [-0.39, 0.29) is 11.4 Å². The number of nitrogens with zero attached hydrogens (tertiary/aromatic N) is 4. The number of carbonyl (C=O) groups is 1. The standard InChI is InChI=1S/C9H5BrN4O4/c10-6-2-1-5(14(17)18)3-8(6)13-4-7(9(15)16)11-12-13/h1-4H,(H,15,16). The highest BCUT2D eigenvalue weighted by Crippen LogP contribution is 2.25. The molecule has 0 saturated heterocycles. The van der Waals surface area contributed by atoms with Crippen molar-refractivity contribution in [1.29, 1.82) is 0 Å². The molecule has 0 unspecified atom stereocenters. The molecule has 0 aliphatic heterocycles. The van der Waals surface area contributed by atoms with Gasteiger partial charge in [0, 0.05) is 16.6 Å². The van der Waals surface area contributed by atoms with Crippen molar-refractivity contribution in [3.8, 4) is 5.69 Å². The molecule has 0 fully saturated rings. The minimum absolute atomic E-state index is 0.124. The first-order chi connectivity index (χ1) is 8.49. The second kappa shape index (κ2) is 4.53. The summed E-state index contributed by atoms with van der Waals surface area (Å²) in [4.78, 5) is 20.8. The minimum atomic E-state index is -1.22. The van der Waals surface area contributed by atoms with Gasteiger partial charge in [0.2, 0.25) is 0 Å². The summed E-state index contributed by atoms with van der Waals surface area (Å²) in [6.45, 7) is 0. The van der Waals surface area contributed by atoms with Crippen LogP contribution in [0.1, 0.15) is 10.5 Å². The quantitative estimate of drug-likeness (QED) is 0.681. The third kappa shape index (κ3) is 2.20. The van der Waals surface area contributed by atoms with Gasteiger partial charge in [-0.2, -0.15) is 0 Å². The van der Waals surface area contributed by atoms with E-state index in [1.54, 1.807) is 0 Å². The highest BCUT2D eigenvalue weighted by atomic mass is 79.9. The number of halogens is 1. The van der Waals surface area contributed by atoms with Crippen molar-refractivity contribution < 1.29 is 14.8 Å². The van der Waals surface area contributed by atoms with E-state index in [4.69, 9.17) is 5.11 Å². The molecule has 0 amide bonds. The molecule has 0 radical (unpaired) electrons. The normalized spacial score (nSPS) is 10.3. The Hall–Kier alpha value is -2.29. The number of aromatic nitrogens is 3. The van der Waals surface area contributed by atoms with Crippen molar-refractivity contribution in [2.45, 2.75) is 0 Å². The predicted octanol–water partition coefficient (Wildman–Crippen LogP) is 1.64. The lowest BCUT2D eigenvalue weighted by Crippen LogP contribution is -1.98. The van der Waals surface area contributed by atoms with E-state index in [0.29, 0.717) is 10.2 Å². The van der Waals surface area contributed by atoms with Crippen LogP contribution in [-0.2, 0) is 0 Å². The van der Waals surface area contributed by atoms with Crippen LogP contribution in [0.15, 0.2) is 28.9 Å². The second-order valence-corrected chi connectivity index (χ2v) is 4.10. The Labute approximate surface area is 108 Å². The topological polar surface area (TPSA) is 111 Å². The predicted molar refractivity (Wildman–Crippen MR) is 62.7 cm³/mol. The maximum absolute atomic E-state index is 10.7. The first kappa shape index (κ1) is 12.2. The molecule has 0 saturated carbocycles. The van der Waals surface area contributed by atoms with Crippen LogP contribution in [0.4, 0.5) is 5.69 Å². The Balaban J connectivity index is 2.51. The van der Waals surface area contributed by atoms with Gasteiger partial charge in [-0.25, -0.2) is 9.48 Å². The number of carboxylic acids is 1. The maximum Gasteiger partial charge on any atom is 0.358 e. The third-order valence-electron chi connectivity index (χ3n) is 2.10. The molecular weight excluding hydrogens is 308 g/mol. The summed E-state index contributed by atoms with van der Waals surface area (Å²) in [6, 6.07) is 4.07. The molecule has 0 atom stereocenters. The zero-order valence-electron chi connectivity index (χ0n) is 8.65. The largest absolute Gasteiger partial charge is 0.476 e. The van der Waals surface area contributed by atoms with Crippen molar-refractivity contribution >= 4 is 27.6 Å². The molecule has 18 heavy (non-hydrogen) atoms. The molecule has 0 aliphatic carbocycles. The van der Waals surface area contributed by atoms with Gasteiger partial charge in [0.1, 0.15) is 0 Å². The Kier molecular flexibility index (Phi) is 3.06. The number of nitro groups is 1. The highest BCUT2D eigenvalue weighted by Gasteiger charge is 2.14. The Bertz CT molecular complexity index is 639. The first-order valence-corrected chi connectivity index (χ1v) is 5.38. The molecule has 2 aromatic rings. The molecule has 1 N–H and O–H groups in total. The summed E-state index contributed by atoms with van der Waals surface area (Å²) in [5, 5.41) is 26.4. The van der Waals surface area contributed by atoms with E-state index in [2.05, 4.69) is 26.2 Å². The molecule has 2 rings (SSSR count). The van der Waals surface area contributed by atoms with Crippen LogP contribution in [-0.4, -0.2) is 31.0 Å². The van der Waals surface area contributed by atoms with Crippen LogP contribution in [0.3, 0.4) is 0 Å². The van der Waals surface area contributed by atoms with Crippen LogP contribution in [0.25, 0.3) is 5.69 Å². The first-order valence-electron chi connectivity index (χ1n) is 4.59. The number of carboxylic acid groups (broad SMARTS) is 1. The van der Waals surface area contributed by atoms with Gasteiger partial charge in [0.05, 0.1) is 16.8 Å². The molecule has 1 aromatic heterocycles. The van der Waals surface area contributed by atoms with Gasteiger partial charge in [-0.3, -0.25) is 10.1 Å². The molecule has 92 valence electrons. The van der Waals surface area contributed by atoms with Gasteiger partial charge in [0.15, 0.2) is 5.69 Å². The molecule has 0 aliphatic rings. The average Bonchev–Trinajstić information content (AvgIpc) is 2.78. The lowest BCUT2D eigenvalue weighted by Gasteiger charge is -2.02. The fourth-order valence-corrected chi connectivity index (χ4v) is 1.70. The summed E-state index contributed by atoms with van der Waals surface area (Å²) < 4.78 is 1.69. The van der Waals surface area contributed by atoms with E-state index in [9.17, 15) is 14.9 Å².